The molecule has 9 heteroatoms. The minimum absolute atomic E-state index is 0.316. The van der Waals surface area contributed by atoms with Gasteiger partial charge in [-0.1, -0.05) is 0 Å². The summed E-state index contributed by atoms with van der Waals surface area (Å²) < 4.78 is 41.8. The number of hydrogen-bond acceptors (Lipinski definition) is 4. The molecule has 2 unspecified atom stereocenters. The molecule has 142 valence electrons. The topological polar surface area (TPSA) is 62.2 Å². The van der Waals surface area contributed by atoms with E-state index in [1.165, 1.54) is 4.90 Å². The number of halogens is 3. The van der Waals surface area contributed by atoms with Crippen LogP contribution in [0, 0.1) is 13.8 Å². The lowest BCUT2D eigenvalue weighted by Gasteiger charge is -2.36. The fourth-order valence-corrected chi connectivity index (χ4v) is 3.34. The Kier molecular flexibility index (Phi) is 6.10. The van der Waals surface area contributed by atoms with E-state index in [0.717, 1.165) is 17.0 Å². The van der Waals surface area contributed by atoms with Gasteiger partial charge in [0.2, 0.25) is 5.91 Å². The van der Waals surface area contributed by atoms with E-state index in [-0.39, 0.29) is 0 Å². The molecule has 0 aromatic carbocycles. The Morgan fingerprint density at radius 1 is 1.32 bits per heavy atom. The number of alkyl halides is 3. The summed E-state index contributed by atoms with van der Waals surface area (Å²) in [7, 11) is 1.78. The number of aromatic nitrogens is 2. The summed E-state index contributed by atoms with van der Waals surface area (Å²) in [5, 5.41) is 9.79. The number of nitrogens with one attached hydrogen (secondary N) is 2. The summed E-state index contributed by atoms with van der Waals surface area (Å²) in [6, 6.07) is -1.66. The van der Waals surface area contributed by atoms with Crippen LogP contribution in [0.5, 0.6) is 0 Å². The number of nitrogens with zero attached hydrogens (tertiary/aromatic N) is 3. The van der Waals surface area contributed by atoms with Gasteiger partial charge >= 0.3 is 6.18 Å². The number of carbonyl (C=O) groups is 1. The highest BCUT2D eigenvalue weighted by Crippen LogP contribution is 2.26. The van der Waals surface area contributed by atoms with Gasteiger partial charge in [0.25, 0.3) is 0 Å². The van der Waals surface area contributed by atoms with Crippen molar-refractivity contribution in [1.82, 2.24) is 25.3 Å². The molecule has 2 N–H and O–H groups in total. The van der Waals surface area contributed by atoms with Crippen molar-refractivity contribution in [2.75, 3.05) is 32.7 Å². The van der Waals surface area contributed by atoms with Gasteiger partial charge < -0.3 is 10.6 Å². The van der Waals surface area contributed by atoms with Gasteiger partial charge in [0.05, 0.1) is 11.6 Å². The second kappa shape index (κ2) is 7.74. The van der Waals surface area contributed by atoms with Crippen molar-refractivity contribution in [3.05, 3.63) is 17.0 Å². The van der Waals surface area contributed by atoms with Gasteiger partial charge in [-0.2, -0.15) is 18.3 Å². The molecule has 1 fully saturated rings. The maximum absolute atomic E-state index is 13.4. The van der Waals surface area contributed by atoms with Crippen LogP contribution in [0.2, 0.25) is 0 Å². The molecule has 25 heavy (non-hydrogen) atoms. The fraction of sp³-hybridized carbons (Fsp3) is 0.750. The first-order valence-electron chi connectivity index (χ1n) is 8.42. The number of aryl methyl sites for hydroxylation is 2. The van der Waals surface area contributed by atoms with Crippen molar-refractivity contribution in [2.45, 2.75) is 38.9 Å². The molecule has 1 aliphatic rings. The van der Waals surface area contributed by atoms with Crippen molar-refractivity contribution in [1.29, 1.82) is 0 Å². The fourth-order valence-electron chi connectivity index (χ4n) is 3.34. The molecular formula is C16H26F3N5O. The zero-order valence-electron chi connectivity index (χ0n) is 15.1. The average molecular weight is 361 g/mol. The van der Waals surface area contributed by atoms with Gasteiger partial charge in [-0.15, -0.1) is 0 Å². The second-order valence-corrected chi connectivity index (χ2v) is 6.52. The Morgan fingerprint density at radius 2 is 1.92 bits per heavy atom. The number of piperazine rings is 1. The van der Waals surface area contributed by atoms with E-state index in [0.29, 0.717) is 26.2 Å². The number of rotatable bonds is 5. The van der Waals surface area contributed by atoms with Crippen LogP contribution in [0.1, 0.15) is 29.8 Å². The van der Waals surface area contributed by atoms with Crippen LogP contribution in [0.25, 0.3) is 0 Å². The van der Waals surface area contributed by atoms with E-state index in [1.807, 2.05) is 6.92 Å². The number of carbonyl (C=O) groups excluding carboxylic acids is 1. The van der Waals surface area contributed by atoms with Gasteiger partial charge in [-0.05, 0) is 20.8 Å². The Hall–Kier alpha value is -1.61. The first kappa shape index (κ1) is 19.7. The Labute approximate surface area is 145 Å². The standard InChI is InChI=1S/C16H26F3N5O/c1-10(14-11(2)22-23(4)12(14)3)15(25)21-9-13(16(17,18)19)24-7-5-20-6-8-24/h10,13,20H,5-9H2,1-4H3,(H,21,25). The molecule has 1 amide bonds. The van der Waals surface area contributed by atoms with Crippen LogP contribution in [0.15, 0.2) is 0 Å². The van der Waals surface area contributed by atoms with Crippen LogP contribution in [-0.2, 0) is 11.8 Å². The highest BCUT2D eigenvalue weighted by Gasteiger charge is 2.44. The monoisotopic (exact) mass is 361 g/mol. The molecule has 6 nitrogen and oxygen atoms in total. The van der Waals surface area contributed by atoms with E-state index in [9.17, 15) is 18.0 Å². The summed E-state index contributed by atoms with van der Waals surface area (Å²) in [6.45, 7) is 6.57. The lowest BCUT2D eigenvalue weighted by molar-refractivity contribution is -0.184. The molecule has 0 saturated carbocycles. The third kappa shape index (κ3) is 4.52. The van der Waals surface area contributed by atoms with Gasteiger partial charge in [-0.25, -0.2) is 0 Å². The smallest absolute Gasteiger partial charge is 0.354 e. The van der Waals surface area contributed by atoms with Crippen molar-refractivity contribution >= 4 is 5.91 Å². The number of hydrogen-bond donors (Lipinski definition) is 2. The number of amides is 1. The highest BCUT2D eigenvalue weighted by atomic mass is 19.4. The molecule has 0 spiro atoms. The lowest BCUT2D eigenvalue weighted by Crippen LogP contribution is -2.57. The molecule has 2 heterocycles. The maximum atomic E-state index is 13.4. The molecule has 0 radical (unpaired) electrons. The van der Waals surface area contributed by atoms with E-state index < -0.39 is 30.6 Å². The predicted molar refractivity (Wildman–Crippen MR) is 88.4 cm³/mol. The third-order valence-electron chi connectivity index (χ3n) is 4.83. The molecule has 0 bridgehead atoms. The van der Waals surface area contributed by atoms with E-state index in [4.69, 9.17) is 0 Å². The molecule has 1 saturated heterocycles. The lowest BCUT2D eigenvalue weighted by atomic mass is 9.98. The summed E-state index contributed by atoms with van der Waals surface area (Å²) in [4.78, 5) is 13.8. The van der Waals surface area contributed by atoms with Crippen LogP contribution in [0.3, 0.4) is 0 Å². The Morgan fingerprint density at radius 3 is 2.40 bits per heavy atom. The van der Waals surface area contributed by atoms with Crippen molar-refractivity contribution in [3.8, 4) is 0 Å². The van der Waals surface area contributed by atoms with Gasteiger partial charge in [0.15, 0.2) is 0 Å². The van der Waals surface area contributed by atoms with Crippen LogP contribution < -0.4 is 10.6 Å². The van der Waals surface area contributed by atoms with Crippen molar-refractivity contribution < 1.29 is 18.0 Å². The molecule has 1 aromatic rings. The zero-order chi connectivity index (χ0) is 18.8. The Bertz CT molecular complexity index is 608. The first-order chi connectivity index (χ1) is 11.6. The molecule has 1 aromatic heterocycles. The quantitative estimate of drug-likeness (QED) is 0.824. The summed E-state index contributed by atoms with van der Waals surface area (Å²) in [5.41, 5.74) is 2.33. The van der Waals surface area contributed by atoms with E-state index in [1.54, 1.807) is 25.6 Å². The third-order valence-corrected chi connectivity index (χ3v) is 4.83. The van der Waals surface area contributed by atoms with Crippen LogP contribution >= 0.6 is 0 Å². The van der Waals surface area contributed by atoms with Gasteiger partial charge in [0, 0.05) is 51.0 Å². The maximum Gasteiger partial charge on any atom is 0.405 e. The molecule has 2 rings (SSSR count). The first-order valence-corrected chi connectivity index (χ1v) is 8.42. The zero-order valence-corrected chi connectivity index (χ0v) is 15.1. The molecular weight excluding hydrogens is 335 g/mol. The van der Waals surface area contributed by atoms with E-state index >= 15 is 0 Å². The SMILES string of the molecule is Cc1nn(C)c(C)c1C(C)C(=O)NCC(N1CCNCC1)C(F)(F)F. The van der Waals surface area contributed by atoms with Crippen LogP contribution in [0.4, 0.5) is 13.2 Å². The Balaban J connectivity index is 2.05. The van der Waals surface area contributed by atoms with Gasteiger partial charge in [0.1, 0.15) is 6.04 Å². The largest absolute Gasteiger partial charge is 0.405 e. The predicted octanol–water partition coefficient (Wildman–Crippen LogP) is 1.09. The summed E-state index contributed by atoms with van der Waals surface area (Å²) >= 11 is 0. The summed E-state index contributed by atoms with van der Waals surface area (Å²) in [6.07, 6.45) is -4.38. The highest BCUT2D eigenvalue weighted by molar-refractivity contribution is 5.83. The molecule has 0 aliphatic carbocycles. The summed E-state index contributed by atoms with van der Waals surface area (Å²) in [5.74, 6) is -0.964. The molecule has 1 aliphatic heterocycles. The van der Waals surface area contributed by atoms with Gasteiger partial charge in [-0.3, -0.25) is 14.4 Å². The molecule has 2 atom stereocenters. The minimum Gasteiger partial charge on any atom is -0.354 e. The normalized spacial score (nSPS) is 18.8. The second-order valence-electron chi connectivity index (χ2n) is 6.52. The van der Waals surface area contributed by atoms with Crippen LogP contribution in [-0.4, -0.2) is 65.5 Å². The van der Waals surface area contributed by atoms with E-state index in [2.05, 4.69) is 15.7 Å². The minimum atomic E-state index is -4.38. The van der Waals surface area contributed by atoms with Crippen molar-refractivity contribution in [3.63, 3.8) is 0 Å². The van der Waals surface area contributed by atoms with Crippen molar-refractivity contribution in [2.24, 2.45) is 7.05 Å². The average Bonchev–Trinajstić information content (AvgIpc) is 2.79.